The Morgan fingerprint density at radius 2 is 1.84 bits per heavy atom. The lowest BCUT2D eigenvalue weighted by molar-refractivity contribution is -0.138. The molecule has 7 heteroatoms. The molecule has 0 radical (unpaired) electrons. The zero-order chi connectivity index (χ0) is 14.3. The van der Waals surface area contributed by atoms with Gasteiger partial charge in [-0.05, 0) is 12.8 Å². The van der Waals surface area contributed by atoms with Crippen LogP contribution in [0, 0.1) is 0 Å². The topological polar surface area (TPSA) is 108 Å². The van der Waals surface area contributed by atoms with Crippen molar-refractivity contribution in [3.63, 3.8) is 0 Å². The van der Waals surface area contributed by atoms with Gasteiger partial charge in [-0.3, -0.25) is 9.59 Å². The molecule has 19 heavy (non-hydrogen) atoms. The van der Waals surface area contributed by atoms with Crippen molar-refractivity contribution in [3.8, 4) is 0 Å². The van der Waals surface area contributed by atoms with Crippen LogP contribution < -0.4 is 16.0 Å². The van der Waals surface area contributed by atoms with Crippen molar-refractivity contribution >= 4 is 17.9 Å². The molecule has 1 aliphatic carbocycles. The van der Waals surface area contributed by atoms with Crippen LogP contribution >= 0.6 is 0 Å². The van der Waals surface area contributed by atoms with Gasteiger partial charge in [0, 0.05) is 20.0 Å². The van der Waals surface area contributed by atoms with E-state index in [2.05, 4.69) is 16.0 Å². The van der Waals surface area contributed by atoms with Crippen molar-refractivity contribution in [2.24, 2.45) is 0 Å². The van der Waals surface area contributed by atoms with Gasteiger partial charge < -0.3 is 21.1 Å². The van der Waals surface area contributed by atoms with Crippen LogP contribution in [0.2, 0.25) is 0 Å². The fourth-order valence-corrected chi connectivity index (χ4v) is 2.39. The van der Waals surface area contributed by atoms with Gasteiger partial charge in [0.1, 0.15) is 0 Å². The highest BCUT2D eigenvalue weighted by atomic mass is 16.4. The highest BCUT2D eigenvalue weighted by Crippen LogP contribution is 2.32. The lowest BCUT2D eigenvalue weighted by Gasteiger charge is -2.28. The molecule has 0 spiro atoms. The SMILES string of the molecule is CNC(=O)CCNC(=O)NC1(CC(=O)O)CCCC1. The average Bonchev–Trinajstić information content (AvgIpc) is 2.75. The second-order valence-corrected chi connectivity index (χ2v) is 4.86. The molecule has 0 aromatic heterocycles. The third-order valence-corrected chi connectivity index (χ3v) is 3.35. The van der Waals surface area contributed by atoms with E-state index in [0.29, 0.717) is 12.8 Å². The molecule has 4 N–H and O–H groups in total. The molecule has 108 valence electrons. The number of carbonyl (C=O) groups is 3. The zero-order valence-electron chi connectivity index (χ0n) is 11.1. The van der Waals surface area contributed by atoms with E-state index in [0.717, 1.165) is 12.8 Å². The van der Waals surface area contributed by atoms with Gasteiger partial charge in [0.25, 0.3) is 0 Å². The quantitative estimate of drug-likeness (QED) is 0.554. The minimum absolute atomic E-state index is 0.0597. The van der Waals surface area contributed by atoms with Gasteiger partial charge >= 0.3 is 12.0 Å². The number of hydrogen-bond donors (Lipinski definition) is 4. The van der Waals surface area contributed by atoms with Gasteiger partial charge in [-0.25, -0.2) is 4.79 Å². The van der Waals surface area contributed by atoms with Crippen LogP contribution in [0.4, 0.5) is 4.79 Å². The standard InChI is InChI=1S/C12H21N3O4/c1-13-9(16)4-7-14-11(19)15-12(8-10(17)18)5-2-3-6-12/h2-8H2,1H3,(H,13,16)(H,17,18)(H2,14,15,19). The largest absolute Gasteiger partial charge is 0.481 e. The fourth-order valence-electron chi connectivity index (χ4n) is 2.39. The molecule has 0 heterocycles. The molecule has 7 nitrogen and oxygen atoms in total. The van der Waals surface area contributed by atoms with Gasteiger partial charge in [0.2, 0.25) is 5.91 Å². The molecule has 3 amide bonds. The lowest BCUT2D eigenvalue weighted by atomic mass is 9.93. The van der Waals surface area contributed by atoms with E-state index in [1.54, 1.807) is 0 Å². The Bertz CT molecular complexity index is 351. The first kappa shape index (κ1) is 15.3. The summed E-state index contributed by atoms with van der Waals surface area (Å²) in [7, 11) is 1.53. The first-order valence-corrected chi connectivity index (χ1v) is 6.46. The number of rotatable bonds is 6. The van der Waals surface area contributed by atoms with E-state index in [9.17, 15) is 14.4 Å². The summed E-state index contributed by atoms with van der Waals surface area (Å²) in [5, 5.41) is 16.7. The predicted molar refractivity (Wildman–Crippen MR) is 68.7 cm³/mol. The number of aliphatic carboxylic acids is 1. The molecule has 1 aliphatic rings. The maximum Gasteiger partial charge on any atom is 0.315 e. The Kier molecular flexibility index (Phi) is 5.59. The van der Waals surface area contributed by atoms with Gasteiger partial charge in [0.15, 0.2) is 0 Å². The summed E-state index contributed by atoms with van der Waals surface area (Å²) in [4.78, 5) is 33.6. The van der Waals surface area contributed by atoms with Crippen LogP contribution in [0.5, 0.6) is 0 Å². The van der Waals surface area contributed by atoms with Crippen molar-refractivity contribution < 1.29 is 19.5 Å². The van der Waals surface area contributed by atoms with Crippen molar-refractivity contribution in [3.05, 3.63) is 0 Å². The molecule has 0 atom stereocenters. The van der Waals surface area contributed by atoms with Crippen LogP contribution in [0.15, 0.2) is 0 Å². The minimum Gasteiger partial charge on any atom is -0.481 e. The molecule has 0 aliphatic heterocycles. The number of urea groups is 1. The van der Waals surface area contributed by atoms with Crippen LogP contribution in [-0.4, -0.2) is 42.1 Å². The second-order valence-electron chi connectivity index (χ2n) is 4.86. The Morgan fingerprint density at radius 1 is 1.21 bits per heavy atom. The summed E-state index contributed by atoms with van der Waals surface area (Å²) in [6.07, 6.45) is 3.35. The Balaban J connectivity index is 2.39. The van der Waals surface area contributed by atoms with Gasteiger partial charge in [-0.2, -0.15) is 0 Å². The highest BCUT2D eigenvalue weighted by molar-refractivity contribution is 5.79. The lowest BCUT2D eigenvalue weighted by Crippen LogP contribution is -2.52. The van der Waals surface area contributed by atoms with E-state index < -0.39 is 17.5 Å². The van der Waals surface area contributed by atoms with E-state index in [4.69, 9.17) is 5.11 Å². The van der Waals surface area contributed by atoms with Crippen molar-refractivity contribution in [2.45, 2.75) is 44.1 Å². The number of nitrogens with one attached hydrogen (secondary N) is 3. The van der Waals surface area contributed by atoms with Gasteiger partial charge in [0.05, 0.1) is 12.0 Å². The molecule has 1 fully saturated rings. The summed E-state index contributed by atoms with van der Waals surface area (Å²) in [5.41, 5.74) is -0.636. The van der Waals surface area contributed by atoms with Gasteiger partial charge in [-0.15, -0.1) is 0 Å². The highest BCUT2D eigenvalue weighted by Gasteiger charge is 2.37. The summed E-state index contributed by atoms with van der Waals surface area (Å²) in [6.45, 7) is 0.231. The van der Waals surface area contributed by atoms with Crippen LogP contribution in [0.1, 0.15) is 38.5 Å². The molecule has 1 rings (SSSR count). The van der Waals surface area contributed by atoms with E-state index >= 15 is 0 Å². The van der Waals surface area contributed by atoms with Crippen molar-refractivity contribution in [1.29, 1.82) is 0 Å². The van der Waals surface area contributed by atoms with Crippen LogP contribution in [0.3, 0.4) is 0 Å². The number of carboxylic acid groups (broad SMARTS) is 1. The zero-order valence-corrected chi connectivity index (χ0v) is 11.1. The molecule has 0 bridgehead atoms. The predicted octanol–water partition coefficient (Wildman–Crippen LogP) is 0.209. The fraction of sp³-hybridized carbons (Fsp3) is 0.750. The Labute approximate surface area is 112 Å². The molecule has 0 saturated heterocycles. The van der Waals surface area contributed by atoms with Gasteiger partial charge in [-0.1, -0.05) is 12.8 Å². The Morgan fingerprint density at radius 3 is 2.37 bits per heavy atom. The van der Waals surface area contributed by atoms with E-state index in [1.165, 1.54) is 7.05 Å². The molecule has 0 unspecified atom stereocenters. The molecule has 1 saturated carbocycles. The molecular formula is C12H21N3O4. The monoisotopic (exact) mass is 271 g/mol. The number of carboxylic acids is 1. The van der Waals surface area contributed by atoms with Crippen LogP contribution in [-0.2, 0) is 9.59 Å². The maximum absolute atomic E-state index is 11.7. The normalized spacial score (nSPS) is 16.7. The van der Waals surface area contributed by atoms with Crippen LogP contribution in [0.25, 0.3) is 0 Å². The summed E-state index contributed by atoms with van der Waals surface area (Å²) >= 11 is 0. The third kappa shape index (κ3) is 5.15. The minimum atomic E-state index is -0.910. The van der Waals surface area contributed by atoms with E-state index in [1.807, 2.05) is 0 Å². The molecular weight excluding hydrogens is 250 g/mol. The Hall–Kier alpha value is -1.79. The van der Waals surface area contributed by atoms with Crippen molar-refractivity contribution in [2.75, 3.05) is 13.6 Å². The number of hydrogen-bond acceptors (Lipinski definition) is 3. The van der Waals surface area contributed by atoms with Crippen molar-refractivity contribution in [1.82, 2.24) is 16.0 Å². The third-order valence-electron chi connectivity index (χ3n) is 3.35. The first-order chi connectivity index (χ1) is 8.97. The second kappa shape index (κ2) is 6.96. The molecule has 0 aromatic rings. The molecule has 0 aromatic carbocycles. The maximum atomic E-state index is 11.7. The smallest absolute Gasteiger partial charge is 0.315 e. The summed E-state index contributed by atoms with van der Waals surface area (Å²) < 4.78 is 0. The number of carbonyl (C=O) groups excluding carboxylic acids is 2. The van der Waals surface area contributed by atoms with E-state index in [-0.39, 0.29) is 25.3 Å². The summed E-state index contributed by atoms with van der Waals surface area (Å²) in [6, 6.07) is -0.410. The first-order valence-electron chi connectivity index (χ1n) is 6.46. The summed E-state index contributed by atoms with van der Waals surface area (Å²) in [5.74, 6) is -1.06. The average molecular weight is 271 g/mol. The number of amides is 3.